The van der Waals surface area contributed by atoms with E-state index in [1.807, 2.05) is 52.0 Å². The van der Waals surface area contributed by atoms with Crippen molar-refractivity contribution in [1.82, 2.24) is 5.32 Å². The maximum atomic E-state index is 12.4. The van der Waals surface area contributed by atoms with E-state index in [4.69, 9.17) is 9.47 Å². The average Bonchev–Trinajstić information content (AvgIpc) is 2.61. The van der Waals surface area contributed by atoms with Crippen molar-refractivity contribution in [3.8, 4) is 11.5 Å². The Balaban J connectivity index is 1.84. The first-order valence-electron chi connectivity index (χ1n) is 9.13. The number of carbonyl (C=O) groups excluding carboxylic acids is 1. The highest BCUT2D eigenvalue weighted by atomic mass is 16.5. The van der Waals surface area contributed by atoms with Gasteiger partial charge in [0.2, 0.25) is 0 Å². The van der Waals surface area contributed by atoms with E-state index in [9.17, 15) is 4.79 Å². The number of hydrogen-bond donors (Lipinski definition) is 1. The van der Waals surface area contributed by atoms with Crippen molar-refractivity contribution in [2.45, 2.75) is 47.1 Å². The van der Waals surface area contributed by atoms with Gasteiger partial charge in [0.05, 0.1) is 6.54 Å². The molecule has 140 valence electrons. The highest BCUT2D eigenvalue weighted by molar-refractivity contribution is 5.81. The topological polar surface area (TPSA) is 47.6 Å². The number of benzene rings is 2. The van der Waals surface area contributed by atoms with Gasteiger partial charge in [-0.1, -0.05) is 36.8 Å². The second-order valence-corrected chi connectivity index (χ2v) is 6.62. The molecule has 1 N–H and O–H groups in total. The molecule has 26 heavy (non-hydrogen) atoms. The molecule has 0 fully saturated rings. The lowest BCUT2D eigenvalue weighted by Crippen LogP contribution is -2.39. The lowest BCUT2D eigenvalue weighted by atomic mass is 10.1. The van der Waals surface area contributed by atoms with E-state index in [2.05, 4.69) is 24.4 Å². The summed E-state index contributed by atoms with van der Waals surface area (Å²) in [6.07, 6.45) is 0.105. The van der Waals surface area contributed by atoms with Crippen molar-refractivity contribution in [3.63, 3.8) is 0 Å². The van der Waals surface area contributed by atoms with E-state index in [-0.39, 0.29) is 5.91 Å². The molecule has 0 aliphatic rings. The lowest BCUT2D eigenvalue weighted by molar-refractivity contribution is -0.128. The van der Waals surface area contributed by atoms with Gasteiger partial charge in [0.1, 0.15) is 18.1 Å². The second-order valence-electron chi connectivity index (χ2n) is 6.62. The molecule has 0 aliphatic carbocycles. The summed E-state index contributed by atoms with van der Waals surface area (Å²) < 4.78 is 11.7. The zero-order valence-corrected chi connectivity index (χ0v) is 16.4. The van der Waals surface area contributed by atoms with Crippen LogP contribution in [0.3, 0.4) is 0 Å². The number of amides is 1. The first-order valence-corrected chi connectivity index (χ1v) is 9.13. The SMILES string of the molecule is CC[C@H](Oc1ccc(C)cc1C)C(=O)NCCOc1cccc(C)c1C. The van der Waals surface area contributed by atoms with Gasteiger partial charge in [-0.25, -0.2) is 0 Å². The number of carbonyl (C=O) groups is 1. The molecular weight excluding hydrogens is 326 g/mol. The first kappa shape index (κ1) is 19.8. The fraction of sp³-hybridized carbons (Fsp3) is 0.409. The number of rotatable bonds is 8. The normalized spacial score (nSPS) is 11.7. The summed E-state index contributed by atoms with van der Waals surface area (Å²) in [5, 5.41) is 2.90. The maximum absolute atomic E-state index is 12.4. The molecule has 0 heterocycles. The summed E-state index contributed by atoms with van der Waals surface area (Å²) in [6.45, 7) is 10.9. The van der Waals surface area contributed by atoms with Gasteiger partial charge in [-0.15, -0.1) is 0 Å². The minimum absolute atomic E-state index is 0.114. The van der Waals surface area contributed by atoms with Gasteiger partial charge < -0.3 is 14.8 Å². The third-order valence-corrected chi connectivity index (χ3v) is 4.48. The third kappa shape index (κ3) is 5.25. The van der Waals surface area contributed by atoms with E-state index in [0.29, 0.717) is 19.6 Å². The van der Waals surface area contributed by atoms with Crippen molar-refractivity contribution in [3.05, 3.63) is 58.7 Å². The molecule has 4 heteroatoms. The smallest absolute Gasteiger partial charge is 0.261 e. The van der Waals surface area contributed by atoms with Gasteiger partial charge in [-0.05, 0) is 62.9 Å². The summed E-state index contributed by atoms with van der Waals surface area (Å²) >= 11 is 0. The Hall–Kier alpha value is -2.49. The Bertz CT molecular complexity index is 755. The van der Waals surface area contributed by atoms with E-state index >= 15 is 0 Å². The monoisotopic (exact) mass is 355 g/mol. The summed E-state index contributed by atoms with van der Waals surface area (Å²) in [5.41, 5.74) is 4.54. The van der Waals surface area contributed by atoms with Crippen LogP contribution in [0.4, 0.5) is 0 Å². The molecule has 0 unspecified atom stereocenters. The maximum Gasteiger partial charge on any atom is 0.261 e. The van der Waals surface area contributed by atoms with Crippen LogP contribution in [-0.2, 0) is 4.79 Å². The van der Waals surface area contributed by atoms with Crippen molar-refractivity contribution >= 4 is 5.91 Å². The van der Waals surface area contributed by atoms with Gasteiger partial charge in [0.25, 0.3) is 5.91 Å². The number of nitrogens with one attached hydrogen (secondary N) is 1. The quantitative estimate of drug-likeness (QED) is 0.719. The zero-order chi connectivity index (χ0) is 19.1. The Labute approximate surface area is 156 Å². The van der Waals surface area contributed by atoms with Crippen LogP contribution in [0.1, 0.15) is 35.6 Å². The standard InChI is InChI=1S/C22H29NO3/c1-6-19(26-20-11-10-15(2)14-17(20)4)22(24)23-12-13-25-21-9-7-8-16(3)18(21)5/h7-11,14,19H,6,12-13H2,1-5H3,(H,23,24)/t19-/m0/s1. The number of aryl methyl sites for hydroxylation is 3. The Morgan fingerprint density at radius 2 is 1.81 bits per heavy atom. The molecule has 1 atom stereocenters. The lowest BCUT2D eigenvalue weighted by Gasteiger charge is -2.19. The highest BCUT2D eigenvalue weighted by Crippen LogP contribution is 2.21. The van der Waals surface area contributed by atoms with Crippen LogP contribution in [-0.4, -0.2) is 25.2 Å². The fourth-order valence-electron chi connectivity index (χ4n) is 2.74. The van der Waals surface area contributed by atoms with Crippen molar-refractivity contribution < 1.29 is 14.3 Å². The van der Waals surface area contributed by atoms with E-state index < -0.39 is 6.10 Å². The van der Waals surface area contributed by atoms with Crippen molar-refractivity contribution in [2.24, 2.45) is 0 Å². The van der Waals surface area contributed by atoms with Crippen molar-refractivity contribution in [1.29, 1.82) is 0 Å². The molecule has 0 saturated carbocycles. The molecule has 4 nitrogen and oxygen atoms in total. The van der Waals surface area contributed by atoms with Crippen molar-refractivity contribution in [2.75, 3.05) is 13.2 Å². The van der Waals surface area contributed by atoms with Gasteiger partial charge in [-0.2, -0.15) is 0 Å². The van der Waals surface area contributed by atoms with Gasteiger partial charge in [0.15, 0.2) is 6.10 Å². The molecule has 1 amide bonds. The van der Waals surface area contributed by atoms with E-state index in [1.54, 1.807) is 0 Å². The largest absolute Gasteiger partial charge is 0.491 e. The van der Waals surface area contributed by atoms with Crippen LogP contribution in [0.15, 0.2) is 36.4 Å². The molecule has 0 saturated heterocycles. The van der Waals surface area contributed by atoms with Crippen LogP contribution in [0, 0.1) is 27.7 Å². The zero-order valence-electron chi connectivity index (χ0n) is 16.4. The number of ether oxygens (including phenoxy) is 2. The molecule has 0 aliphatic heterocycles. The predicted octanol–water partition coefficient (Wildman–Crippen LogP) is 4.27. The molecule has 0 bridgehead atoms. The van der Waals surface area contributed by atoms with Gasteiger partial charge in [0, 0.05) is 0 Å². The summed E-state index contributed by atoms with van der Waals surface area (Å²) in [5.74, 6) is 1.50. The number of hydrogen-bond acceptors (Lipinski definition) is 3. The Kier molecular flexibility index (Phi) is 7.07. The van der Waals surface area contributed by atoms with Crippen LogP contribution in [0.25, 0.3) is 0 Å². The highest BCUT2D eigenvalue weighted by Gasteiger charge is 2.18. The fourth-order valence-corrected chi connectivity index (χ4v) is 2.74. The molecular formula is C22H29NO3. The van der Waals surface area contributed by atoms with Gasteiger partial charge >= 0.3 is 0 Å². The van der Waals surface area contributed by atoms with Gasteiger partial charge in [-0.3, -0.25) is 4.79 Å². The predicted molar refractivity (Wildman–Crippen MR) is 105 cm³/mol. The molecule has 2 aromatic rings. The molecule has 0 aromatic heterocycles. The average molecular weight is 355 g/mol. The summed E-state index contributed by atoms with van der Waals surface area (Å²) in [4.78, 5) is 12.4. The Morgan fingerprint density at radius 3 is 2.50 bits per heavy atom. The van der Waals surface area contributed by atoms with E-state index in [1.165, 1.54) is 11.1 Å². The third-order valence-electron chi connectivity index (χ3n) is 4.48. The molecule has 0 spiro atoms. The van der Waals surface area contributed by atoms with Crippen LogP contribution >= 0.6 is 0 Å². The molecule has 2 rings (SSSR count). The van der Waals surface area contributed by atoms with Crippen LogP contribution < -0.4 is 14.8 Å². The minimum atomic E-state index is -0.503. The molecule has 0 radical (unpaired) electrons. The van der Waals surface area contributed by atoms with Crippen LogP contribution in [0.5, 0.6) is 11.5 Å². The Morgan fingerprint density at radius 1 is 1.04 bits per heavy atom. The minimum Gasteiger partial charge on any atom is -0.491 e. The molecule has 2 aromatic carbocycles. The van der Waals surface area contributed by atoms with Crippen LogP contribution in [0.2, 0.25) is 0 Å². The van der Waals surface area contributed by atoms with E-state index in [0.717, 1.165) is 22.6 Å². The summed E-state index contributed by atoms with van der Waals surface area (Å²) in [6, 6.07) is 11.9. The second kappa shape index (κ2) is 9.27. The first-order chi connectivity index (χ1) is 12.4. The summed E-state index contributed by atoms with van der Waals surface area (Å²) in [7, 11) is 0.